The zero-order valence-corrected chi connectivity index (χ0v) is 16.5. The molecule has 1 saturated heterocycles. The number of anilines is 2. The van der Waals surface area contributed by atoms with E-state index in [4.69, 9.17) is 4.42 Å². The molecule has 5 heteroatoms. The molecule has 1 aromatic heterocycles. The molecule has 2 heterocycles. The number of hydrogen-bond acceptors (Lipinski definition) is 4. The summed E-state index contributed by atoms with van der Waals surface area (Å²) in [6, 6.07) is 21.5. The summed E-state index contributed by atoms with van der Waals surface area (Å²) < 4.78 is 5.53. The molecule has 0 saturated carbocycles. The number of amides is 1. The van der Waals surface area contributed by atoms with Gasteiger partial charge in [0.1, 0.15) is 5.76 Å². The standard InChI is InChI=1S/C24H25N3O2/c1-26-13-15-27(16-14-26)21-11-9-20(10-12-21)25-24(28)18-22(23-8-5-17-29-23)19-6-3-2-4-7-19/h2-12,17-18H,13-16H2,1H3,(H,25,28). The highest BCUT2D eigenvalue weighted by atomic mass is 16.3. The van der Waals surface area contributed by atoms with E-state index in [0.717, 1.165) is 43.0 Å². The molecule has 1 aliphatic heterocycles. The molecule has 0 radical (unpaired) electrons. The molecule has 0 unspecified atom stereocenters. The second-order valence-corrected chi connectivity index (χ2v) is 7.23. The Hall–Kier alpha value is -3.31. The minimum atomic E-state index is -0.187. The molecule has 0 spiro atoms. The Morgan fingerprint density at radius 3 is 2.31 bits per heavy atom. The van der Waals surface area contributed by atoms with Crippen LogP contribution in [0.2, 0.25) is 0 Å². The van der Waals surface area contributed by atoms with Crippen molar-refractivity contribution in [2.24, 2.45) is 0 Å². The van der Waals surface area contributed by atoms with Gasteiger partial charge in [0.2, 0.25) is 5.91 Å². The maximum atomic E-state index is 12.7. The van der Waals surface area contributed by atoms with E-state index in [1.807, 2.05) is 54.6 Å². The van der Waals surface area contributed by atoms with Crippen LogP contribution in [0.15, 0.2) is 83.5 Å². The Labute approximate surface area is 171 Å². The first-order chi connectivity index (χ1) is 14.2. The van der Waals surface area contributed by atoms with Crippen molar-refractivity contribution in [3.8, 4) is 0 Å². The van der Waals surface area contributed by atoms with E-state index in [1.165, 1.54) is 5.69 Å². The second kappa shape index (κ2) is 8.80. The highest BCUT2D eigenvalue weighted by molar-refractivity contribution is 6.05. The van der Waals surface area contributed by atoms with E-state index in [9.17, 15) is 4.79 Å². The summed E-state index contributed by atoms with van der Waals surface area (Å²) in [5.41, 5.74) is 3.65. The number of likely N-dealkylation sites (N-methyl/N-ethyl adjacent to an activating group) is 1. The number of benzene rings is 2. The maximum absolute atomic E-state index is 12.7. The Bertz CT molecular complexity index is 955. The normalized spacial score (nSPS) is 15.3. The van der Waals surface area contributed by atoms with Crippen LogP contribution in [0.4, 0.5) is 11.4 Å². The van der Waals surface area contributed by atoms with Crippen LogP contribution in [0.1, 0.15) is 11.3 Å². The number of piperazine rings is 1. The first kappa shape index (κ1) is 19.0. The van der Waals surface area contributed by atoms with Gasteiger partial charge in [-0.2, -0.15) is 0 Å². The SMILES string of the molecule is CN1CCN(c2ccc(NC(=O)C=C(c3ccccc3)c3ccco3)cc2)CC1. The second-order valence-electron chi connectivity index (χ2n) is 7.23. The lowest BCUT2D eigenvalue weighted by molar-refractivity contribution is -0.111. The molecular weight excluding hydrogens is 362 g/mol. The monoisotopic (exact) mass is 387 g/mol. The van der Waals surface area contributed by atoms with Gasteiger partial charge < -0.3 is 19.5 Å². The van der Waals surface area contributed by atoms with Crippen LogP contribution in [-0.2, 0) is 4.79 Å². The average molecular weight is 387 g/mol. The highest BCUT2D eigenvalue weighted by Crippen LogP contribution is 2.24. The molecule has 1 fully saturated rings. The number of hydrogen-bond donors (Lipinski definition) is 1. The summed E-state index contributed by atoms with van der Waals surface area (Å²) in [7, 11) is 2.15. The first-order valence-corrected chi connectivity index (χ1v) is 9.84. The quantitative estimate of drug-likeness (QED) is 0.670. The predicted molar refractivity (Wildman–Crippen MR) is 117 cm³/mol. The minimum absolute atomic E-state index is 0.187. The molecular formula is C24H25N3O2. The zero-order chi connectivity index (χ0) is 20.1. The van der Waals surface area contributed by atoms with Crippen molar-refractivity contribution in [3.05, 3.63) is 90.4 Å². The van der Waals surface area contributed by atoms with Gasteiger partial charge in [-0.3, -0.25) is 4.79 Å². The number of furan rings is 1. The van der Waals surface area contributed by atoms with Gasteiger partial charge in [0.05, 0.1) is 6.26 Å². The molecule has 148 valence electrons. The van der Waals surface area contributed by atoms with Crippen LogP contribution in [0.3, 0.4) is 0 Å². The molecule has 0 bridgehead atoms. The lowest BCUT2D eigenvalue weighted by Gasteiger charge is -2.34. The van der Waals surface area contributed by atoms with Crippen molar-refractivity contribution >= 4 is 22.9 Å². The smallest absolute Gasteiger partial charge is 0.249 e. The maximum Gasteiger partial charge on any atom is 0.249 e. The summed E-state index contributed by atoms with van der Waals surface area (Å²) in [4.78, 5) is 17.4. The van der Waals surface area contributed by atoms with E-state index < -0.39 is 0 Å². The van der Waals surface area contributed by atoms with E-state index in [2.05, 4.69) is 34.3 Å². The summed E-state index contributed by atoms with van der Waals surface area (Å²) >= 11 is 0. The summed E-state index contributed by atoms with van der Waals surface area (Å²) in [6.07, 6.45) is 3.20. The third-order valence-corrected chi connectivity index (χ3v) is 5.15. The molecule has 3 aromatic rings. The molecule has 1 amide bonds. The highest BCUT2D eigenvalue weighted by Gasteiger charge is 2.14. The molecule has 1 aliphatic rings. The van der Waals surface area contributed by atoms with E-state index in [-0.39, 0.29) is 5.91 Å². The Morgan fingerprint density at radius 2 is 1.66 bits per heavy atom. The molecule has 2 aromatic carbocycles. The van der Waals surface area contributed by atoms with Crippen molar-refractivity contribution < 1.29 is 9.21 Å². The number of nitrogens with zero attached hydrogens (tertiary/aromatic N) is 2. The van der Waals surface area contributed by atoms with E-state index >= 15 is 0 Å². The fourth-order valence-corrected chi connectivity index (χ4v) is 3.48. The molecule has 29 heavy (non-hydrogen) atoms. The molecule has 4 rings (SSSR count). The number of carbonyl (C=O) groups is 1. The largest absolute Gasteiger partial charge is 0.464 e. The number of carbonyl (C=O) groups excluding carboxylic acids is 1. The van der Waals surface area contributed by atoms with Gasteiger partial charge in [0.25, 0.3) is 0 Å². The lowest BCUT2D eigenvalue weighted by atomic mass is 10.0. The summed E-state index contributed by atoms with van der Waals surface area (Å²) in [6.45, 7) is 4.18. The van der Waals surface area contributed by atoms with Gasteiger partial charge in [-0.15, -0.1) is 0 Å². The third-order valence-electron chi connectivity index (χ3n) is 5.15. The van der Waals surface area contributed by atoms with Crippen LogP contribution >= 0.6 is 0 Å². The van der Waals surface area contributed by atoms with E-state index in [0.29, 0.717) is 5.76 Å². The molecule has 0 atom stereocenters. The summed E-state index contributed by atoms with van der Waals surface area (Å²) in [5, 5.41) is 2.96. The Balaban J connectivity index is 1.48. The van der Waals surface area contributed by atoms with Gasteiger partial charge in [-0.25, -0.2) is 0 Å². The molecule has 1 N–H and O–H groups in total. The molecule has 5 nitrogen and oxygen atoms in total. The van der Waals surface area contributed by atoms with Gasteiger partial charge in [-0.05, 0) is 49.0 Å². The first-order valence-electron chi connectivity index (χ1n) is 9.84. The van der Waals surface area contributed by atoms with Gasteiger partial charge in [0.15, 0.2) is 0 Å². The fraction of sp³-hybridized carbons (Fsp3) is 0.208. The van der Waals surface area contributed by atoms with Crippen molar-refractivity contribution in [1.29, 1.82) is 0 Å². The fourth-order valence-electron chi connectivity index (χ4n) is 3.48. The zero-order valence-electron chi connectivity index (χ0n) is 16.5. The van der Waals surface area contributed by atoms with Gasteiger partial charge >= 0.3 is 0 Å². The lowest BCUT2D eigenvalue weighted by Crippen LogP contribution is -2.44. The van der Waals surface area contributed by atoms with Crippen LogP contribution in [0, 0.1) is 0 Å². The van der Waals surface area contributed by atoms with Crippen molar-refractivity contribution in [3.63, 3.8) is 0 Å². The van der Waals surface area contributed by atoms with Crippen LogP contribution in [-0.4, -0.2) is 44.0 Å². The van der Waals surface area contributed by atoms with Gasteiger partial charge in [-0.1, -0.05) is 30.3 Å². The van der Waals surface area contributed by atoms with Crippen molar-refractivity contribution in [1.82, 2.24) is 4.90 Å². The van der Waals surface area contributed by atoms with Gasteiger partial charge in [0, 0.05) is 49.2 Å². The van der Waals surface area contributed by atoms with Crippen molar-refractivity contribution in [2.45, 2.75) is 0 Å². The number of nitrogens with one attached hydrogen (secondary N) is 1. The number of rotatable bonds is 5. The molecule has 0 aliphatic carbocycles. The topological polar surface area (TPSA) is 48.7 Å². The summed E-state index contributed by atoms with van der Waals surface area (Å²) in [5.74, 6) is 0.476. The van der Waals surface area contributed by atoms with Crippen LogP contribution in [0.5, 0.6) is 0 Å². The third kappa shape index (κ3) is 4.76. The predicted octanol–water partition coefficient (Wildman–Crippen LogP) is 4.10. The van der Waals surface area contributed by atoms with Crippen LogP contribution in [0.25, 0.3) is 5.57 Å². The van der Waals surface area contributed by atoms with Crippen LogP contribution < -0.4 is 10.2 Å². The minimum Gasteiger partial charge on any atom is -0.464 e. The Morgan fingerprint density at radius 1 is 0.931 bits per heavy atom. The Kier molecular flexibility index (Phi) is 5.77. The van der Waals surface area contributed by atoms with Crippen molar-refractivity contribution in [2.75, 3.05) is 43.4 Å². The van der Waals surface area contributed by atoms with E-state index in [1.54, 1.807) is 12.3 Å². The average Bonchev–Trinajstić information content (AvgIpc) is 3.28.